The number of amides is 4. The monoisotopic (exact) mass is 831 g/mol. The summed E-state index contributed by atoms with van der Waals surface area (Å²) in [6.07, 6.45) is -0.178. The molecule has 12 heteroatoms. The first-order valence-corrected chi connectivity index (χ1v) is 21.0. The number of allylic oxidation sites excluding steroid dienone is 1. The van der Waals surface area contributed by atoms with E-state index in [-0.39, 0.29) is 36.1 Å². The molecule has 1 N–H and O–H groups in total. The Morgan fingerprint density at radius 2 is 1.15 bits per heavy atom. The highest BCUT2D eigenvalue weighted by Crippen LogP contribution is 2.42. The van der Waals surface area contributed by atoms with Gasteiger partial charge in [-0.25, -0.2) is 9.59 Å². The first-order chi connectivity index (χ1) is 29.7. The summed E-state index contributed by atoms with van der Waals surface area (Å²) in [5, 5.41) is 2.23. The van der Waals surface area contributed by atoms with Crippen molar-refractivity contribution in [3.8, 4) is 0 Å². The van der Waals surface area contributed by atoms with Crippen molar-refractivity contribution >= 4 is 47.3 Å². The van der Waals surface area contributed by atoms with Crippen LogP contribution in [0, 0.1) is 0 Å². The second kappa shape index (κ2) is 18.1. The Morgan fingerprint density at radius 1 is 0.689 bits per heavy atom. The molecule has 0 bridgehead atoms. The predicted octanol–water partition coefficient (Wildman–Crippen LogP) is 7.33. The van der Waals surface area contributed by atoms with Crippen LogP contribution in [0.1, 0.15) is 74.4 Å². The van der Waals surface area contributed by atoms with Crippen LogP contribution in [0.5, 0.6) is 0 Å². The van der Waals surface area contributed by atoms with Crippen molar-refractivity contribution < 1.29 is 38.2 Å². The number of thioether (sulfide) groups is 1. The second-order valence-corrected chi connectivity index (χ2v) is 15.8. The minimum absolute atomic E-state index is 0.0707. The summed E-state index contributed by atoms with van der Waals surface area (Å²) in [5.41, 5.74) is 3.88. The van der Waals surface area contributed by atoms with Crippen LogP contribution < -0.4 is 5.32 Å². The number of β-lactam (4-membered cyclic amide) rings is 1. The van der Waals surface area contributed by atoms with E-state index in [9.17, 15) is 28.8 Å². The number of fused-ring (bicyclic) bond motifs is 2. The van der Waals surface area contributed by atoms with Crippen molar-refractivity contribution in [2.24, 2.45) is 0 Å². The quantitative estimate of drug-likeness (QED) is 0.0653. The van der Waals surface area contributed by atoms with Gasteiger partial charge in [0.1, 0.15) is 23.2 Å². The minimum Gasteiger partial charge on any atom is -0.451 e. The third-order valence-electron chi connectivity index (χ3n) is 10.9. The summed E-state index contributed by atoms with van der Waals surface area (Å²) in [6, 6.07) is 41.0. The molecule has 1 saturated heterocycles. The summed E-state index contributed by atoms with van der Waals surface area (Å²) in [7, 11) is 0. The number of imide groups is 1. The van der Waals surface area contributed by atoms with Crippen molar-refractivity contribution in [1.29, 1.82) is 0 Å². The zero-order valence-electron chi connectivity index (χ0n) is 32.9. The minimum atomic E-state index is -1.35. The lowest BCUT2D eigenvalue weighted by molar-refractivity contribution is -0.154. The topological polar surface area (TPSA) is 139 Å². The van der Waals surface area contributed by atoms with Crippen molar-refractivity contribution in [3.05, 3.63) is 203 Å². The second-order valence-electron chi connectivity index (χ2n) is 14.7. The number of esters is 2. The summed E-state index contributed by atoms with van der Waals surface area (Å²) in [5.74, 6) is -3.35. The van der Waals surface area contributed by atoms with Crippen molar-refractivity contribution in [1.82, 2.24) is 15.1 Å². The van der Waals surface area contributed by atoms with Gasteiger partial charge in [-0.1, -0.05) is 146 Å². The van der Waals surface area contributed by atoms with Gasteiger partial charge in [0.25, 0.3) is 17.7 Å². The van der Waals surface area contributed by atoms with Crippen LogP contribution in [0.25, 0.3) is 0 Å². The predicted molar refractivity (Wildman–Crippen MR) is 228 cm³/mol. The Balaban J connectivity index is 0.957. The maximum Gasteiger partial charge on any atom is 0.356 e. The van der Waals surface area contributed by atoms with Crippen molar-refractivity contribution in [2.45, 2.75) is 48.9 Å². The van der Waals surface area contributed by atoms with E-state index in [0.29, 0.717) is 22.5 Å². The number of carbonyl (C=O) groups is 6. The summed E-state index contributed by atoms with van der Waals surface area (Å²) in [4.78, 5) is 85.2. The third-order valence-corrected chi connectivity index (χ3v) is 12.2. The molecule has 0 aromatic heterocycles. The van der Waals surface area contributed by atoms with Crippen LogP contribution in [-0.2, 0) is 28.7 Å². The largest absolute Gasteiger partial charge is 0.451 e. The standard InChI is InChI=1S/C49H41N3O8S/c1-2-31-30-61-47-40(46(56)52(47)41(31)49(58)60-43(34-22-11-5-12-23-34)35-24-13-6-14-25-35)50-39(53)29-17-28-38(51-44(54)36-26-15-16-27-37(36)45(51)55)48(57)59-42(32-18-7-3-8-19-32)33-20-9-4-10-21-33/h2-16,18-27,38,40,42-43,47H,1,17,28-30H2,(H,50,53)/t38?,40?,47-/m1/s1. The number of ether oxygens (including phenoxy) is 2. The highest BCUT2D eigenvalue weighted by atomic mass is 32.2. The fourth-order valence-electron chi connectivity index (χ4n) is 7.86. The van der Waals surface area contributed by atoms with Gasteiger partial charge in [0.2, 0.25) is 5.91 Å². The van der Waals surface area contributed by atoms with E-state index in [1.54, 1.807) is 12.1 Å². The fourth-order valence-corrected chi connectivity index (χ4v) is 9.20. The molecular weight excluding hydrogens is 791 g/mol. The number of nitrogens with zero attached hydrogens (tertiary/aromatic N) is 2. The smallest absolute Gasteiger partial charge is 0.356 e. The van der Waals surface area contributed by atoms with Gasteiger partial charge in [-0.05, 0) is 52.8 Å². The van der Waals surface area contributed by atoms with E-state index in [1.807, 2.05) is 121 Å². The fraction of sp³-hybridized carbons (Fsp3) is 0.184. The maximum absolute atomic E-state index is 14.2. The summed E-state index contributed by atoms with van der Waals surface area (Å²) >= 11 is 1.39. The molecule has 0 aliphatic carbocycles. The van der Waals surface area contributed by atoms with Crippen LogP contribution >= 0.6 is 11.8 Å². The molecule has 0 spiro atoms. The molecule has 5 aromatic carbocycles. The molecule has 5 aromatic rings. The maximum atomic E-state index is 14.2. The first-order valence-electron chi connectivity index (χ1n) is 19.9. The highest BCUT2D eigenvalue weighted by molar-refractivity contribution is 8.00. The van der Waals surface area contributed by atoms with Gasteiger partial charge in [-0.15, -0.1) is 11.8 Å². The molecule has 61 heavy (non-hydrogen) atoms. The van der Waals surface area contributed by atoms with E-state index in [2.05, 4.69) is 11.9 Å². The van der Waals surface area contributed by atoms with E-state index < -0.39 is 65.2 Å². The van der Waals surface area contributed by atoms with Crippen molar-refractivity contribution in [2.75, 3.05) is 5.75 Å². The van der Waals surface area contributed by atoms with Crippen LogP contribution in [-0.4, -0.2) is 68.6 Å². The number of rotatable bonds is 15. The lowest BCUT2D eigenvalue weighted by atomic mass is 10.00. The van der Waals surface area contributed by atoms with Gasteiger partial charge in [-0.2, -0.15) is 0 Å². The van der Waals surface area contributed by atoms with Gasteiger partial charge in [-0.3, -0.25) is 29.0 Å². The SMILES string of the molecule is C=CC1=C(C(=O)OC(c2ccccc2)c2ccccc2)N2C(=O)C(NC(=O)CCCC(C(=O)OC(c3ccccc3)c3ccccc3)N3C(=O)c4ccccc4C3=O)[C@H]2SC1. The van der Waals surface area contributed by atoms with Crippen LogP contribution in [0.2, 0.25) is 0 Å². The van der Waals surface area contributed by atoms with Crippen molar-refractivity contribution in [3.63, 3.8) is 0 Å². The number of hydrogen-bond acceptors (Lipinski definition) is 9. The Hall–Kier alpha value is -7.05. The number of carbonyl (C=O) groups excluding carboxylic acids is 6. The first kappa shape index (κ1) is 40.7. The average molecular weight is 832 g/mol. The number of hydrogen-bond donors (Lipinski definition) is 1. The normalized spacial score (nSPS) is 17.4. The van der Waals surface area contributed by atoms with E-state index >= 15 is 0 Å². The molecule has 4 amide bonds. The van der Waals surface area contributed by atoms with Gasteiger partial charge in [0, 0.05) is 12.2 Å². The number of nitrogens with one attached hydrogen (secondary N) is 1. The Bertz CT molecular complexity index is 2400. The Kier molecular flexibility index (Phi) is 12.1. The Morgan fingerprint density at radius 3 is 1.62 bits per heavy atom. The molecule has 2 unspecified atom stereocenters. The van der Waals surface area contributed by atoms with Crippen LogP contribution in [0.15, 0.2) is 170 Å². The molecule has 8 rings (SSSR count). The summed E-state index contributed by atoms with van der Waals surface area (Å²) in [6.45, 7) is 3.88. The summed E-state index contributed by atoms with van der Waals surface area (Å²) < 4.78 is 12.3. The zero-order chi connectivity index (χ0) is 42.5. The van der Waals surface area contributed by atoms with Crippen LogP contribution in [0.4, 0.5) is 0 Å². The molecular formula is C49H41N3O8S. The third kappa shape index (κ3) is 8.27. The zero-order valence-corrected chi connectivity index (χ0v) is 33.7. The molecule has 0 radical (unpaired) electrons. The average Bonchev–Trinajstić information content (AvgIpc) is 3.56. The van der Waals surface area contributed by atoms with E-state index in [0.717, 1.165) is 16.0 Å². The molecule has 3 aliphatic heterocycles. The molecule has 3 heterocycles. The molecule has 3 atom stereocenters. The van der Waals surface area contributed by atoms with Gasteiger partial charge >= 0.3 is 11.9 Å². The number of benzene rings is 5. The van der Waals surface area contributed by atoms with E-state index in [1.165, 1.54) is 34.9 Å². The lowest BCUT2D eigenvalue weighted by Gasteiger charge is -2.49. The molecule has 1 fully saturated rings. The lowest BCUT2D eigenvalue weighted by Crippen LogP contribution is -2.70. The molecule has 3 aliphatic rings. The molecule has 11 nitrogen and oxygen atoms in total. The van der Waals surface area contributed by atoms with E-state index in [4.69, 9.17) is 9.47 Å². The molecule has 0 saturated carbocycles. The van der Waals surface area contributed by atoms with Gasteiger partial charge in [0.05, 0.1) is 11.1 Å². The van der Waals surface area contributed by atoms with Gasteiger partial charge in [0.15, 0.2) is 12.2 Å². The Labute approximate surface area is 357 Å². The molecule has 306 valence electrons. The van der Waals surface area contributed by atoms with Crippen LogP contribution in [0.3, 0.4) is 0 Å². The highest BCUT2D eigenvalue weighted by Gasteiger charge is 2.54. The van der Waals surface area contributed by atoms with Gasteiger partial charge < -0.3 is 14.8 Å².